The molecule has 30 heavy (non-hydrogen) atoms. The molecule has 0 aliphatic rings. The molecule has 3 aromatic carbocycles. The van der Waals surface area contributed by atoms with Crippen molar-refractivity contribution in [2.75, 3.05) is 5.32 Å². The Kier molecular flexibility index (Phi) is 6.02. The maximum atomic E-state index is 12.4. The molecule has 4 rings (SSSR count). The minimum absolute atomic E-state index is 0.371. The summed E-state index contributed by atoms with van der Waals surface area (Å²) < 4.78 is 5.77. The van der Waals surface area contributed by atoms with Crippen LogP contribution in [-0.2, 0) is 4.79 Å². The number of fused-ring (bicyclic) bond motifs is 1. The topological polar surface area (TPSA) is 55.1 Å². The Balaban J connectivity index is 1.56. The number of hydrogen-bond donors (Lipinski definition) is 1. The Morgan fingerprint density at radius 3 is 2.47 bits per heavy atom. The standard InChI is InChI=1S/C22H12Cl4N2O2/c23-14-4-1-12(17(26)10-14)3-8-21(29)27-18-9-13(2-6-16(18)25)22-28-19-11-15(24)5-7-20(19)30-22/h1-11H,(H,27,29)/b8-3+. The number of carbonyl (C=O) groups excluding carboxylic acids is 1. The van der Waals surface area contributed by atoms with Crippen LogP contribution in [0.25, 0.3) is 28.6 Å². The lowest BCUT2D eigenvalue weighted by Gasteiger charge is -2.06. The van der Waals surface area contributed by atoms with Gasteiger partial charge in [-0.05, 0) is 60.2 Å². The second-order valence-corrected chi connectivity index (χ2v) is 8.00. The number of oxazole rings is 1. The van der Waals surface area contributed by atoms with Gasteiger partial charge in [0.15, 0.2) is 5.58 Å². The van der Waals surface area contributed by atoms with Crippen molar-refractivity contribution in [1.82, 2.24) is 4.98 Å². The smallest absolute Gasteiger partial charge is 0.248 e. The van der Waals surface area contributed by atoms with E-state index >= 15 is 0 Å². The van der Waals surface area contributed by atoms with Gasteiger partial charge in [0.05, 0.1) is 10.7 Å². The number of rotatable bonds is 4. The Morgan fingerprint density at radius 2 is 1.67 bits per heavy atom. The van der Waals surface area contributed by atoms with Gasteiger partial charge in [-0.25, -0.2) is 4.98 Å². The summed E-state index contributed by atoms with van der Waals surface area (Å²) in [5.74, 6) is 0.0207. The van der Waals surface area contributed by atoms with Crippen LogP contribution in [0.3, 0.4) is 0 Å². The van der Waals surface area contributed by atoms with Gasteiger partial charge >= 0.3 is 0 Å². The maximum Gasteiger partial charge on any atom is 0.248 e. The van der Waals surface area contributed by atoms with Crippen LogP contribution < -0.4 is 5.32 Å². The van der Waals surface area contributed by atoms with Crippen molar-refractivity contribution in [2.45, 2.75) is 0 Å². The first-order valence-corrected chi connectivity index (χ1v) is 10.2. The third-order valence-electron chi connectivity index (χ3n) is 4.20. The Morgan fingerprint density at radius 1 is 0.900 bits per heavy atom. The van der Waals surface area contributed by atoms with E-state index in [0.717, 1.165) is 0 Å². The average molecular weight is 478 g/mol. The largest absolute Gasteiger partial charge is 0.436 e. The first kappa shape index (κ1) is 20.8. The van der Waals surface area contributed by atoms with Crippen LogP contribution >= 0.6 is 46.4 Å². The maximum absolute atomic E-state index is 12.4. The van der Waals surface area contributed by atoms with E-state index in [1.807, 2.05) is 0 Å². The van der Waals surface area contributed by atoms with Crippen LogP contribution in [0.15, 0.2) is 65.1 Å². The molecule has 1 N–H and O–H groups in total. The van der Waals surface area contributed by atoms with Gasteiger partial charge in [-0.1, -0.05) is 52.5 Å². The second kappa shape index (κ2) is 8.70. The fourth-order valence-corrected chi connectivity index (χ4v) is 3.56. The average Bonchev–Trinajstić information content (AvgIpc) is 3.12. The zero-order valence-corrected chi connectivity index (χ0v) is 18.2. The van der Waals surface area contributed by atoms with Gasteiger partial charge in [-0.15, -0.1) is 0 Å². The fraction of sp³-hybridized carbons (Fsp3) is 0. The molecule has 0 aliphatic carbocycles. The summed E-state index contributed by atoms with van der Waals surface area (Å²) in [5, 5.41) is 4.66. The summed E-state index contributed by atoms with van der Waals surface area (Å²) in [6.07, 6.45) is 2.95. The highest BCUT2D eigenvalue weighted by molar-refractivity contribution is 6.36. The molecule has 0 saturated heterocycles. The first-order chi connectivity index (χ1) is 14.4. The van der Waals surface area contributed by atoms with Gasteiger partial charge in [0.2, 0.25) is 11.8 Å². The highest BCUT2D eigenvalue weighted by atomic mass is 35.5. The van der Waals surface area contributed by atoms with Crippen LogP contribution in [0.1, 0.15) is 5.56 Å². The molecule has 8 heteroatoms. The molecule has 1 heterocycles. The van der Waals surface area contributed by atoms with Crippen LogP contribution in [0.4, 0.5) is 5.69 Å². The van der Waals surface area contributed by atoms with E-state index in [-0.39, 0.29) is 5.91 Å². The molecule has 0 aliphatic heterocycles. The van der Waals surface area contributed by atoms with Gasteiger partial charge in [0, 0.05) is 26.7 Å². The van der Waals surface area contributed by atoms with Crippen LogP contribution in [0.5, 0.6) is 0 Å². The molecule has 4 nitrogen and oxygen atoms in total. The van der Waals surface area contributed by atoms with Crippen molar-refractivity contribution < 1.29 is 9.21 Å². The van der Waals surface area contributed by atoms with Gasteiger partial charge in [-0.3, -0.25) is 4.79 Å². The molecular weight excluding hydrogens is 466 g/mol. The molecule has 1 aromatic heterocycles. The van der Waals surface area contributed by atoms with Gasteiger partial charge in [0.25, 0.3) is 0 Å². The number of anilines is 1. The second-order valence-electron chi connectivity index (χ2n) is 6.31. The molecule has 1 amide bonds. The Labute approximate surface area is 192 Å². The number of carbonyl (C=O) groups is 1. The molecule has 150 valence electrons. The lowest BCUT2D eigenvalue weighted by atomic mass is 10.2. The van der Waals surface area contributed by atoms with E-state index in [1.54, 1.807) is 60.7 Å². The number of aromatic nitrogens is 1. The van der Waals surface area contributed by atoms with Crippen molar-refractivity contribution in [2.24, 2.45) is 0 Å². The number of nitrogens with zero attached hydrogens (tertiary/aromatic N) is 1. The van der Waals surface area contributed by atoms with E-state index < -0.39 is 0 Å². The quantitative estimate of drug-likeness (QED) is 0.305. The van der Waals surface area contributed by atoms with Crippen molar-refractivity contribution in [3.05, 3.63) is 86.3 Å². The molecule has 0 radical (unpaired) electrons. The van der Waals surface area contributed by atoms with Crippen molar-refractivity contribution in [1.29, 1.82) is 0 Å². The minimum Gasteiger partial charge on any atom is -0.436 e. The first-order valence-electron chi connectivity index (χ1n) is 8.69. The fourth-order valence-electron chi connectivity index (χ4n) is 2.75. The summed E-state index contributed by atoms with van der Waals surface area (Å²) in [6, 6.07) is 15.3. The van der Waals surface area contributed by atoms with E-state index in [9.17, 15) is 4.79 Å². The third-order valence-corrected chi connectivity index (χ3v) is 5.32. The highest BCUT2D eigenvalue weighted by Crippen LogP contribution is 2.31. The molecule has 0 fully saturated rings. The predicted octanol–water partition coefficient (Wildman–Crippen LogP) is 7.76. The van der Waals surface area contributed by atoms with E-state index in [1.165, 1.54) is 6.08 Å². The summed E-state index contributed by atoms with van der Waals surface area (Å²) in [4.78, 5) is 16.8. The molecule has 0 atom stereocenters. The highest BCUT2D eigenvalue weighted by Gasteiger charge is 2.12. The van der Waals surface area contributed by atoms with Gasteiger partial charge in [-0.2, -0.15) is 0 Å². The van der Waals surface area contributed by atoms with Gasteiger partial charge < -0.3 is 9.73 Å². The third kappa shape index (κ3) is 4.63. The van der Waals surface area contributed by atoms with Crippen LogP contribution in [0, 0.1) is 0 Å². The lowest BCUT2D eigenvalue weighted by Crippen LogP contribution is -2.08. The summed E-state index contributed by atoms with van der Waals surface area (Å²) in [7, 11) is 0. The number of hydrogen-bond acceptors (Lipinski definition) is 3. The van der Waals surface area contributed by atoms with E-state index in [2.05, 4.69) is 10.3 Å². The van der Waals surface area contributed by atoms with E-state index in [0.29, 0.717) is 53.9 Å². The summed E-state index contributed by atoms with van der Waals surface area (Å²) in [5.41, 5.74) is 3.00. The molecule has 4 aromatic rings. The minimum atomic E-state index is -0.371. The number of amides is 1. The van der Waals surface area contributed by atoms with Crippen molar-refractivity contribution in [3.63, 3.8) is 0 Å². The normalized spacial score (nSPS) is 11.3. The predicted molar refractivity (Wildman–Crippen MR) is 124 cm³/mol. The lowest BCUT2D eigenvalue weighted by molar-refractivity contribution is -0.111. The summed E-state index contributed by atoms with van der Waals surface area (Å²) in [6.45, 7) is 0. The van der Waals surface area contributed by atoms with Crippen molar-refractivity contribution in [3.8, 4) is 11.5 Å². The molecule has 0 saturated carbocycles. The SMILES string of the molecule is O=C(/C=C/c1ccc(Cl)cc1Cl)Nc1cc(-c2nc3cc(Cl)ccc3o2)ccc1Cl. The zero-order chi connectivity index (χ0) is 21.3. The Hall–Kier alpha value is -2.50. The van der Waals surface area contributed by atoms with Crippen LogP contribution in [0.2, 0.25) is 20.1 Å². The Bertz CT molecular complexity index is 1300. The zero-order valence-electron chi connectivity index (χ0n) is 15.1. The molecular formula is C22H12Cl4N2O2. The summed E-state index contributed by atoms with van der Waals surface area (Å²) >= 11 is 24.2. The number of halogens is 4. The molecule has 0 spiro atoms. The van der Waals surface area contributed by atoms with E-state index in [4.69, 9.17) is 50.8 Å². The number of benzene rings is 3. The number of nitrogens with one attached hydrogen (secondary N) is 1. The van der Waals surface area contributed by atoms with Gasteiger partial charge in [0.1, 0.15) is 5.52 Å². The molecule has 0 bridgehead atoms. The monoisotopic (exact) mass is 476 g/mol. The molecule has 0 unspecified atom stereocenters. The van der Waals surface area contributed by atoms with Crippen LogP contribution in [-0.4, -0.2) is 10.9 Å². The van der Waals surface area contributed by atoms with Crippen molar-refractivity contribution >= 4 is 75.2 Å².